The molecule has 0 spiro atoms. The van der Waals surface area contributed by atoms with Crippen LogP contribution in [-0.2, 0) is 6.54 Å². The SMILES string of the molecule is C#CCC(CC)NCc1c(OC)ncnc1OC. The van der Waals surface area contributed by atoms with Gasteiger partial charge >= 0.3 is 0 Å². The van der Waals surface area contributed by atoms with Crippen molar-refractivity contribution in [1.29, 1.82) is 0 Å². The summed E-state index contributed by atoms with van der Waals surface area (Å²) < 4.78 is 10.4. The van der Waals surface area contributed by atoms with Crippen LogP contribution in [0.1, 0.15) is 25.3 Å². The molecule has 1 atom stereocenters. The molecule has 0 amide bonds. The Balaban J connectivity index is 2.79. The zero-order valence-electron chi connectivity index (χ0n) is 11.1. The van der Waals surface area contributed by atoms with Crippen LogP contribution >= 0.6 is 0 Å². The van der Waals surface area contributed by atoms with Gasteiger partial charge in [-0.25, -0.2) is 9.97 Å². The highest BCUT2D eigenvalue weighted by Gasteiger charge is 2.14. The highest BCUT2D eigenvalue weighted by atomic mass is 16.5. The molecule has 0 aliphatic heterocycles. The van der Waals surface area contributed by atoms with Crippen molar-refractivity contribution >= 4 is 0 Å². The second-order valence-corrected chi connectivity index (χ2v) is 3.77. The van der Waals surface area contributed by atoms with Crippen molar-refractivity contribution < 1.29 is 9.47 Å². The third-order valence-corrected chi connectivity index (χ3v) is 2.68. The molecule has 1 N–H and O–H groups in total. The van der Waals surface area contributed by atoms with E-state index < -0.39 is 0 Å². The van der Waals surface area contributed by atoms with E-state index in [4.69, 9.17) is 15.9 Å². The van der Waals surface area contributed by atoms with Gasteiger partial charge in [-0.05, 0) is 6.42 Å². The van der Waals surface area contributed by atoms with Gasteiger partial charge in [-0.2, -0.15) is 0 Å². The fourth-order valence-electron chi connectivity index (χ4n) is 1.63. The van der Waals surface area contributed by atoms with Crippen LogP contribution in [0, 0.1) is 12.3 Å². The Labute approximate surface area is 108 Å². The minimum absolute atomic E-state index is 0.268. The molecule has 1 rings (SSSR count). The van der Waals surface area contributed by atoms with Gasteiger partial charge in [0.2, 0.25) is 11.8 Å². The topological polar surface area (TPSA) is 56.3 Å². The first kappa shape index (κ1) is 14.3. The minimum Gasteiger partial charge on any atom is -0.481 e. The standard InChI is InChI=1S/C13H19N3O2/c1-5-7-10(6-2)14-8-11-12(17-3)15-9-16-13(11)18-4/h1,9-10,14H,6-8H2,2-4H3. The summed E-state index contributed by atoms with van der Waals surface area (Å²) in [5.41, 5.74) is 0.804. The quantitative estimate of drug-likeness (QED) is 0.740. The van der Waals surface area contributed by atoms with Gasteiger partial charge in [-0.15, -0.1) is 12.3 Å². The van der Waals surface area contributed by atoms with E-state index in [9.17, 15) is 0 Å². The first-order chi connectivity index (χ1) is 8.76. The Bertz CT molecular complexity index is 393. The number of hydrogen-bond acceptors (Lipinski definition) is 5. The summed E-state index contributed by atoms with van der Waals surface area (Å²) in [6, 6.07) is 0.268. The van der Waals surface area contributed by atoms with Gasteiger partial charge < -0.3 is 14.8 Å². The maximum atomic E-state index is 5.32. The summed E-state index contributed by atoms with van der Waals surface area (Å²) in [7, 11) is 3.15. The van der Waals surface area contributed by atoms with Crippen LogP contribution in [0.25, 0.3) is 0 Å². The molecule has 1 aromatic heterocycles. The molecule has 0 aromatic carbocycles. The fraction of sp³-hybridized carbons (Fsp3) is 0.538. The molecule has 0 aliphatic carbocycles. The Morgan fingerprint density at radius 3 is 2.39 bits per heavy atom. The Hall–Kier alpha value is -1.80. The second-order valence-electron chi connectivity index (χ2n) is 3.77. The van der Waals surface area contributed by atoms with Crippen molar-refractivity contribution in [3.63, 3.8) is 0 Å². The molecule has 5 nitrogen and oxygen atoms in total. The molecule has 5 heteroatoms. The third kappa shape index (κ3) is 3.60. The summed E-state index contributed by atoms with van der Waals surface area (Å²) in [6.45, 7) is 2.65. The van der Waals surface area contributed by atoms with Crippen LogP contribution in [0.3, 0.4) is 0 Å². The zero-order chi connectivity index (χ0) is 13.4. The lowest BCUT2D eigenvalue weighted by Crippen LogP contribution is -2.28. The maximum Gasteiger partial charge on any atom is 0.224 e. The molecular weight excluding hydrogens is 230 g/mol. The Morgan fingerprint density at radius 1 is 1.33 bits per heavy atom. The molecule has 0 radical (unpaired) electrons. The number of terminal acetylenes is 1. The molecule has 0 aliphatic rings. The zero-order valence-corrected chi connectivity index (χ0v) is 11.1. The van der Waals surface area contributed by atoms with Gasteiger partial charge in [0.1, 0.15) is 6.33 Å². The molecule has 0 fully saturated rings. The van der Waals surface area contributed by atoms with Crippen LogP contribution < -0.4 is 14.8 Å². The predicted octanol–water partition coefficient (Wildman–Crippen LogP) is 1.39. The lowest BCUT2D eigenvalue weighted by atomic mass is 10.1. The summed E-state index contributed by atoms with van der Waals surface area (Å²) >= 11 is 0. The van der Waals surface area contributed by atoms with E-state index in [1.165, 1.54) is 6.33 Å². The monoisotopic (exact) mass is 249 g/mol. The van der Waals surface area contributed by atoms with E-state index in [0.717, 1.165) is 12.0 Å². The van der Waals surface area contributed by atoms with Crippen molar-refractivity contribution in [2.24, 2.45) is 0 Å². The second kappa shape index (κ2) is 7.51. The van der Waals surface area contributed by atoms with Gasteiger partial charge in [-0.3, -0.25) is 0 Å². The van der Waals surface area contributed by atoms with Crippen LogP contribution in [0.2, 0.25) is 0 Å². The molecule has 98 valence electrons. The van der Waals surface area contributed by atoms with E-state index >= 15 is 0 Å². The van der Waals surface area contributed by atoms with Crippen LogP contribution in [0.4, 0.5) is 0 Å². The molecule has 0 bridgehead atoms. The average Bonchev–Trinajstić information content (AvgIpc) is 2.42. The molecule has 1 heterocycles. The molecule has 1 aromatic rings. The fourth-order valence-corrected chi connectivity index (χ4v) is 1.63. The molecule has 18 heavy (non-hydrogen) atoms. The smallest absolute Gasteiger partial charge is 0.224 e. The highest BCUT2D eigenvalue weighted by Crippen LogP contribution is 2.23. The lowest BCUT2D eigenvalue weighted by Gasteiger charge is -2.16. The van der Waals surface area contributed by atoms with E-state index in [1.807, 2.05) is 0 Å². The summed E-state index contributed by atoms with van der Waals surface area (Å²) in [6.07, 6.45) is 8.39. The third-order valence-electron chi connectivity index (χ3n) is 2.68. The molecular formula is C13H19N3O2. The number of methoxy groups -OCH3 is 2. The normalized spacial score (nSPS) is 11.7. The largest absolute Gasteiger partial charge is 0.481 e. The number of ether oxygens (including phenoxy) is 2. The Morgan fingerprint density at radius 2 is 1.94 bits per heavy atom. The number of nitrogens with one attached hydrogen (secondary N) is 1. The minimum atomic E-state index is 0.268. The van der Waals surface area contributed by atoms with Crippen LogP contribution in [0.5, 0.6) is 11.8 Å². The molecule has 0 saturated carbocycles. The van der Waals surface area contributed by atoms with Gasteiger partial charge in [0, 0.05) is 19.0 Å². The van der Waals surface area contributed by atoms with Gasteiger partial charge in [0.25, 0.3) is 0 Å². The van der Waals surface area contributed by atoms with Crippen molar-refractivity contribution in [1.82, 2.24) is 15.3 Å². The van der Waals surface area contributed by atoms with E-state index in [1.54, 1.807) is 14.2 Å². The molecule has 0 saturated heterocycles. The highest BCUT2D eigenvalue weighted by molar-refractivity contribution is 5.34. The van der Waals surface area contributed by atoms with Crippen LogP contribution in [-0.4, -0.2) is 30.2 Å². The maximum absolute atomic E-state index is 5.32. The van der Waals surface area contributed by atoms with Crippen molar-refractivity contribution in [2.45, 2.75) is 32.4 Å². The summed E-state index contributed by atoms with van der Waals surface area (Å²) in [5.74, 6) is 3.69. The number of hydrogen-bond donors (Lipinski definition) is 1. The van der Waals surface area contributed by atoms with Crippen molar-refractivity contribution in [3.8, 4) is 24.1 Å². The number of rotatable bonds is 7. The Kier molecular flexibility index (Phi) is 5.95. The van der Waals surface area contributed by atoms with Gasteiger partial charge in [0.15, 0.2) is 0 Å². The lowest BCUT2D eigenvalue weighted by molar-refractivity contribution is 0.356. The van der Waals surface area contributed by atoms with E-state index in [0.29, 0.717) is 24.7 Å². The van der Waals surface area contributed by atoms with Gasteiger partial charge in [0.05, 0.1) is 19.8 Å². The van der Waals surface area contributed by atoms with Crippen molar-refractivity contribution in [2.75, 3.05) is 14.2 Å². The average molecular weight is 249 g/mol. The first-order valence-electron chi connectivity index (χ1n) is 5.85. The number of nitrogens with zero attached hydrogens (tertiary/aromatic N) is 2. The summed E-state index contributed by atoms with van der Waals surface area (Å²) in [5, 5.41) is 3.35. The van der Waals surface area contributed by atoms with Crippen LogP contribution in [0.15, 0.2) is 6.33 Å². The van der Waals surface area contributed by atoms with Gasteiger partial charge in [-0.1, -0.05) is 6.92 Å². The van der Waals surface area contributed by atoms with E-state index in [2.05, 4.69) is 28.1 Å². The molecule has 1 unspecified atom stereocenters. The predicted molar refractivity (Wildman–Crippen MR) is 69.5 cm³/mol. The summed E-state index contributed by atoms with van der Waals surface area (Å²) in [4.78, 5) is 8.12. The first-order valence-corrected chi connectivity index (χ1v) is 5.85. The number of aromatic nitrogens is 2. The van der Waals surface area contributed by atoms with E-state index in [-0.39, 0.29) is 6.04 Å². The van der Waals surface area contributed by atoms with Crippen molar-refractivity contribution in [3.05, 3.63) is 11.9 Å².